The maximum absolute atomic E-state index is 13.3. The molecule has 28 heavy (non-hydrogen) atoms. The molecule has 2 aliphatic rings. The summed E-state index contributed by atoms with van der Waals surface area (Å²) in [5, 5.41) is 0. The SMILES string of the molecule is C=CCOC(=O)OC1=C(c2c(C)cc(C)cc2C)C(=O)C(CC2CCOC2)C1. The Balaban J connectivity index is 1.93. The highest BCUT2D eigenvalue weighted by Gasteiger charge is 2.39. The lowest BCUT2D eigenvalue weighted by Gasteiger charge is -2.15. The van der Waals surface area contributed by atoms with Crippen molar-refractivity contribution in [3.05, 3.63) is 52.8 Å². The van der Waals surface area contributed by atoms with Crippen LogP contribution in [-0.2, 0) is 19.0 Å². The van der Waals surface area contributed by atoms with Crippen molar-refractivity contribution in [3.63, 3.8) is 0 Å². The highest BCUT2D eigenvalue weighted by atomic mass is 16.7. The first kappa shape index (κ1) is 20.3. The van der Waals surface area contributed by atoms with Crippen molar-refractivity contribution in [2.24, 2.45) is 11.8 Å². The van der Waals surface area contributed by atoms with Crippen LogP contribution in [0.3, 0.4) is 0 Å². The minimum atomic E-state index is -0.799. The Labute approximate surface area is 166 Å². The average molecular weight is 384 g/mol. The molecule has 1 aromatic carbocycles. The van der Waals surface area contributed by atoms with E-state index in [-0.39, 0.29) is 18.3 Å². The molecule has 2 atom stereocenters. The lowest BCUT2D eigenvalue weighted by atomic mass is 9.87. The third kappa shape index (κ3) is 4.36. The topological polar surface area (TPSA) is 61.8 Å². The molecule has 1 fully saturated rings. The normalized spacial score (nSPS) is 21.9. The van der Waals surface area contributed by atoms with E-state index in [9.17, 15) is 9.59 Å². The van der Waals surface area contributed by atoms with Crippen LogP contribution in [0, 0.1) is 32.6 Å². The van der Waals surface area contributed by atoms with Crippen LogP contribution >= 0.6 is 0 Å². The fraction of sp³-hybridized carbons (Fsp3) is 0.478. The van der Waals surface area contributed by atoms with Crippen molar-refractivity contribution in [2.75, 3.05) is 19.8 Å². The van der Waals surface area contributed by atoms with Gasteiger partial charge in [0.2, 0.25) is 0 Å². The Kier molecular flexibility index (Phi) is 6.35. The van der Waals surface area contributed by atoms with E-state index in [1.54, 1.807) is 0 Å². The van der Waals surface area contributed by atoms with E-state index in [1.165, 1.54) is 6.08 Å². The van der Waals surface area contributed by atoms with Crippen LogP contribution in [0.4, 0.5) is 4.79 Å². The number of benzene rings is 1. The van der Waals surface area contributed by atoms with Gasteiger partial charge in [-0.2, -0.15) is 0 Å². The molecular formula is C23H28O5. The van der Waals surface area contributed by atoms with Gasteiger partial charge in [-0.1, -0.05) is 30.4 Å². The minimum absolute atomic E-state index is 0.0495. The fourth-order valence-corrected chi connectivity index (χ4v) is 4.31. The summed E-state index contributed by atoms with van der Waals surface area (Å²) in [7, 11) is 0. The fourth-order valence-electron chi connectivity index (χ4n) is 4.31. The Morgan fingerprint density at radius 3 is 2.61 bits per heavy atom. The van der Waals surface area contributed by atoms with E-state index in [4.69, 9.17) is 14.2 Å². The number of Topliss-reactive ketones (excluding diaryl/α,β-unsaturated/α-hetero) is 1. The first-order valence-electron chi connectivity index (χ1n) is 9.79. The zero-order valence-electron chi connectivity index (χ0n) is 16.9. The second-order valence-corrected chi connectivity index (χ2v) is 7.75. The molecule has 0 amide bonds. The number of aryl methyl sites for hydroxylation is 3. The summed E-state index contributed by atoms with van der Waals surface area (Å²) < 4.78 is 15.9. The van der Waals surface area contributed by atoms with Gasteiger partial charge in [0.05, 0.1) is 5.57 Å². The third-order valence-electron chi connectivity index (χ3n) is 5.42. The van der Waals surface area contributed by atoms with E-state index in [2.05, 4.69) is 18.7 Å². The van der Waals surface area contributed by atoms with Gasteiger partial charge in [-0.3, -0.25) is 4.79 Å². The number of allylic oxidation sites excluding steroid dienone is 2. The number of ketones is 1. The monoisotopic (exact) mass is 384 g/mol. The van der Waals surface area contributed by atoms with Gasteiger partial charge in [0.15, 0.2) is 5.78 Å². The van der Waals surface area contributed by atoms with Gasteiger partial charge >= 0.3 is 6.16 Å². The molecule has 0 N–H and O–H groups in total. The first-order chi connectivity index (χ1) is 13.4. The van der Waals surface area contributed by atoms with Crippen molar-refractivity contribution in [3.8, 4) is 0 Å². The molecule has 2 unspecified atom stereocenters. The number of hydrogen-bond donors (Lipinski definition) is 0. The molecule has 1 saturated heterocycles. The second-order valence-electron chi connectivity index (χ2n) is 7.75. The van der Waals surface area contributed by atoms with Crippen molar-refractivity contribution in [2.45, 2.75) is 40.0 Å². The molecular weight excluding hydrogens is 356 g/mol. The highest BCUT2D eigenvalue weighted by Crippen LogP contribution is 2.41. The zero-order valence-corrected chi connectivity index (χ0v) is 16.9. The first-order valence-corrected chi connectivity index (χ1v) is 9.79. The Bertz CT molecular complexity index is 791. The van der Waals surface area contributed by atoms with E-state index >= 15 is 0 Å². The molecule has 1 aromatic rings. The number of rotatable bonds is 6. The Morgan fingerprint density at radius 1 is 1.29 bits per heavy atom. The summed E-state index contributed by atoms with van der Waals surface area (Å²) in [4.78, 5) is 25.4. The lowest BCUT2D eigenvalue weighted by molar-refractivity contribution is -0.117. The summed E-state index contributed by atoms with van der Waals surface area (Å²) in [6, 6.07) is 4.10. The molecule has 0 aromatic heterocycles. The maximum Gasteiger partial charge on any atom is 0.513 e. The standard InChI is InChI=1S/C23H28O5/c1-5-7-27-23(25)28-19-12-18(11-17-6-8-26-13-17)22(24)21(19)20-15(3)9-14(2)10-16(20)4/h5,9-10,17-18H,1,6-8,11-13H2,2-4H3. The van der Waals surface area contributed by atoms with Crippen LogP contribution in [0.15, 0.2) is 30.5 Å². The average Bonchev–Trinajstić information content (AvgIpc) is 3.23. The number of ether oxygens (including phenoxy) is 3. The molecule has 0 bridgehead atoms. The van der Waals surface area contributed by atoms with E-state index < -0.39 is 6.16 Å². The summed E-state index contributed by atoms with van der Waals surface area (Å²) >= 11 is 0. The van der Waals surface area contributed by atoms with Gasteiger partial charge in [0.25, 0.3) is 0 Å². The smallest absolute Gasteiger partial charge is 0.430 e. The van der Waals surface area contributed by atoms with Gasteiger partial charge in [-0.25, -0.2) is 4.79 Å². The summed E-state index contributed by atoms with van der Waals surface area (Å²) in [5.74, 6) is 0.651. The van der Waals surface area contributed by atoms with Gasteiger partial charge in [-0.05, 0) is 56.2 Å². The molecule has 1 aliphatic heterocycles. The Hall–Kier alpha value is -2.40. The molecule has 5 nitrogen and oxygen atoms in total. The predicted octanol–water partition coefficient (Wildman–Crippen LogP) is 4.68. The summed E-state index contributed by atoms with van der Waals surface area (Å²) in [6.45, 7) is 11.0. The molecule has 150 valence electrons. The van der Waals surface area contributed by atoms with Gasteiger partial charge in [-0.15, -0.1) is 0 Å². The van der Waals surface area contributed by atoms with E-state index in [0.29, 0.717) is 30.3 Å². The number of carbonyl (C=O) groups is 2. The Morgan fingerprint density at radius 2 is 2.00 bits per heavy atom. The molecule has 1 aliphatic carbocycles. The van der Waals surface area contributed by atoms with Crippen LogP contribution in [-0.4, -0.2) is 31.8 Å². The summed E-state index contributed by atoms with van der Waals surface area (Å²) in [5.41, 5.74) is 4.54. The number of carbonyl (C=O) groups excluding carboxylic acids is 2. The van der Waals surface area contributed by atoms with E-state index in [0.717, 1.165) is 41.7 Å². The maximum atomic E-state index is 13.3. The zero-order chi connectivity index (χ0) is 20.3. The van der Waals surface area contributed by atoms with Gasteiger partial charge in [0, 0.05) is 25.6 Å². The van der Waals surface area contributed by atoms with Crippen LogP contribution in [0.1, 0.15) is 41.5 Å². The van der Waals surface area contributed by atoms with Crippen molar-refractivity contribution >= 4 is 17.5 Å². The van der Waals surface area contributed by atoms with Gasteiger partial charge < -0.3 is 14.2 Å². The largest absolute Gasteiger partial charge is 0.513 e. The molecule has 0 spiro atoms. The van der Waals surface area contributed by atoms with Crippen LogP contribution in [0.2, 0.25) is 0 Å². The third-order valence-corrected chi connectivity index (χ3v) is 5.42. The van der Waals surface area contributed by atoms with Crippen LogP contribution in [0.5, 0.6) is 0 Å². The molecule has 0 saturated carbocycles. The van der Waals surface area contributed by atoms with Crippen LogP contribution in [0.25, 0.3) is 5.57 Å². The number of hydrogen-bond acceptors (Lipinski definition) is 5. The minimum Gasteiger partial charge on any atom is -0.430 e. The van der Waals surface area contributed by atoms with Crippen molar-refractivity contribution in [1.29, 1.82) is 0 Å². The molecule has 0 radical (unpaired) electrons. The molecule has 1 heterocycles. The van der Waals surface area contributed by atoms with E-state index in [1.807, 2.05) is 20.8 Å². The van der Waals surface area contributed by atoms with Crippen molar-refractivity contribution in [1.82, 2.24) is 0 Å². The van der Waals surface area contributed by atoms with Crippen LogP contribution < -0.4 is 0 Å². The summed E-state index contributed by atoms with van der Waals surface area (Å²) in [6.07, 6.45) is 2.82. The van der Waals surface area contributed by atoms with Gasteiger partial charge in [0.1, 0.15) is 12.4 Å². The quantitative estimate of drug-likeness (QED) is 0.526. The van der Waals surface area contributed by atoms with Crippen molar-refractivity contribution < 1.29 is 23.8 Å². The lowest BCUT2D eigenvalue weighted by Crippen LogP contribution is -2.15. The molecule has 5 heteroatoms. The second kappa shape index (κ2) is 8.74. The molecule has 3 rings (SSSR count). The predicted molar refractivity (Wildman–Crippen MR) is 107 cm³/mol. The highest BCUT2D eigenvalue weighted by molar-refractivity contribution is 6.25.